The van der Waals surface area contributed by atoms with E-state index in [0.29, 0.717) is 23.6 Å². The van der Waals surface area contributed by atoms with Gasteiger partial charge in [0, 0.05) is 18.8 Å². The molecule has 0 radical (unpaired) electrons. The Balaban J connectivity index is 1.78. The van der Waals surface area contributed by atoms with Crippen LogP contribution >= 0.6 is 0 Å². The molecule has 1 aromatic heterocycles. The van der Waals surface area contributed by atoms with Crippen LogP contribution in [-0.4, -0.2) is 41.5 Å². The van der Waals surface area contributed by atoms with Gasteiger partial charge in [-0.05, 0) is 63.2 Å². The predicted molar refractivity (Wildman–Crippen MR) is 90.1 cm³/mol. The van der Waals surface area contributed by atoms with Crippen LogP contribution < -0.4 is 5.32 Å². The topological polar surface area (TPSA) is 45.2 Å². The fourth-order valence-electron chi connectivity index (χ4n) is 2.88. The molecule has 1 aliphatic heterocycles. The van der Waals surface area contributed by atoms with Gasteiger partial charge in [-0.3, -0.25) is 9.78 Å². The van der Waals surface area contributed by atoms with Crippen molar-refractivity contribution in [2.75, 3.05) is 19.6 Å². The summed E-state index contributed by atoms with van der Waals surface area (Å²) in [6, 6.07) is 4.44. The van der Waals surface area contributed by atoms with E-state index in [0.717, 1.165) is 38.0 Å². The minimum absolute atomic E-state index is 0.0541. The van der Waals surface area contributed by atoms with E-state index in [2.05, 4.69) is 42.9 Å². The molecule has 0 bridgehead atoms. The number of nitrogens with one attached hydrogen (secondary N) is 1. The Bertz CT molecular complexity index is 474. The molecule has 22 heavy (non-hydrogen) atoms. The highest BCUT2D eigenvalue weighted by molar-refractivity contribution is 5.92. The van der Waals surface area contributed by atoms with Crippen LogP contribution in [0.1, 0.15) is 62.5 Å². The number of hydrogen-bond acceptors (Lipinski definition) is 3. The Labute approximate surface area is 134 Å². The molecule has 122 valence electrons. The minimum atomic E-state index is -0.0541. The molecule has 0 aliphatic carbocycles. The van der Waals surface area contributed by atoms with Gasteiger partial charge in [0.05, 0.1) is 0 Å². The molecule has 0 saturated carbocycles. The molecule has 1 fully saturated rings. The molecule has 0 aromatic carbocycles. The van der Waals surface area contributed by atoms with Crippen LogP contribution in [0.15, 0.2) is 18.3 Å². The standard InChI is InChI=1S/C18H29N3O/c1-13(2)16-5-6-17(19-12-16)18(22)20-11-15-7-9-21(10-8-15)14(3)4/h5-6,12-15H,7-11H2,1-4H3,(H,20,22). The summed E-state index contributed by atoms with van der Waals surface area (Å²) in [6.45, 7) is 11.8. The average molecular weight is 303 g/mol. The normalized spacial score (nSPS) is 17.2. The van der Waals surface area contributed by atoms with Crippen LogP contribution in [0.25, 0.3) is 0 Å². The molecule has 1 aliphatic rings. The summed E-state index contributed by atoms with van der Waals surface area (Å²) in [5, 5.41) is 3.04. The third-order valence-corrected chi connectivity index (χ3v) is 4.62. The molecule has 1 saturated heterocycles. The second-order valence-corrected chi connectivity index (χ2v) is 6.91. The van der Waals surface area contributed by atoms with Gasteiger partial charge in [0.2, 0.25) is 0 Å². The lowest BCUT2D eigenvalue weighted by Crippen LogP contribution is -2.41. The van der Waals surface area contributed by atoms with E-state index >= 15 is 0 Å². The fourth-order valence-corrected chi connectivity index (χ4v) is 2.88. The fraction of sp³-hybridized carbons (Fsp3) is 0.667. The van der Waals surface area contributed by atoms with Crippen molar-refractivity contribution in [1.29, 1.82) is 0 Å². The van der Waals surface area contributed by atoms with Crippen molar-refractivity contribution >= 4 is 5.91 Å². The quantitative estimate of drug-likeness (QED) is 0.909. The maximum atomic E-state index is 12.2. The summed E-state index contributed by atoms with van der Waals surface area (Å²) in [4.78, 5) is 18.9. The van der Waals surface area contributed by atoms with Crippen LogP contribution in [0, 0.1) is 5.92 Å². The molecular formula is C18H29N3O. The second-order valence-electron chi connectivity index (χ2n) is 6.91. The summed E-state index contributed by atoms with van der Waals surface area (Å²) in [5.41, 5.74) is 1.68. The van der Waals surface area contributed by atoms with Gasteiger partial charge in [0.25, 0.3) is 5.91 Å². The molecular weight excluding hydrogens is 274 g/mol. The second kappa shape index (κ2) is 7.73. The highest BCUT2D eigenvalue weighted by Gasteiger charge is 2.21. The Morgan fingerprint density at radius 3 is 2.45 bits per heavy atom. The van der Waals surface area contributed by atoms with Crippen molar-refractivity contribution in [1.82, 2.24) is 15.2 Å². The van der Waals surface area contributed by atoms with Gasteiger partial charge in [0.1, 0.15) is 5.69 Å². The van der Waals surface area contributed by atoms with E-state index in [-0.39, 0.29) is 5.91 Å². The summed E-state index contributed by atoms with van der Waals surface area (Å²) in [5.74, 6) is 0.978. The zero-order valence-corrected chi connectivity index (χ0v) is 14.3. The van der Waals surface area contributed by atoms with Gasteiger partial charge in [-0.2, -0.15) is 0 Å². The number of rotatable bonds is 5. The van der Waals surface area contributed by atoms with Gasteiger partial charge in [-0.15, -0.1) is 0 Å². The minimum Gasteiger partial charge on any atom is -0.350 e. The monoisotopic (exact) mass is 303 g/mol. The Hall–Kier alpha value is -1.42. The summed E-state index contributed by atoms with van der Waals surface area (Å²) in [6.07, 6.45) is 4.14. The van der Waals surface area contributed by atoms with Gasteiger partial charge in [-0.25, -0.2) is 0 Å². The van der Waals surface area contributed by atoms with Crippen molar-refractivity contribution in [3.63, 3.8) is 0 Å². The maximum absolute atomic E-state index is 12.2. The van der Waals surface area contributed by atoms with Gasteiger partial charge >= 0.3 is 0 Å². The lowest BCUT2D eigenvalue weighted by atomic mass is 9.96. The molecule has 0 spiro atoms. The number of pyridine rings is 1. The van der Waals surface area contributed by atoms with E-state index in [1.165, 1.54) is 0 Å². The summed E-state index contributed by atoms with van der Waals surface area (Å²) in [7, 11) is 0. The van der Waals surface area contributed by atoms with Crippen LogP contribution in [0.4, 0.5) is 0 Å². The van der Waals surface area contributed by atoms with Crippen molar-refractivity contribution in [3.05, 3.63) is 29.6 Å². The van der Waals surface area contributed by atoms with E-state index in [4.69, 9.17) is 0 Å². The molecule has 1 amide bonds. The van der Waals surface area contributed by atoms with Crippen LogP contribution in [0.3, 0.4) is 0 Å². The summed E-state index contributed by atoms with van der Waals surface area (Å²) < 4.78 is 0. The Kier molecular flexibility index (Phi) is 5.95. The lowest BCUT2D eigenvalue weighted by Gasteiger charge is -2.34. The highest BCUT2D eigenvalue weighted by atomic mass is 16.1. The van der Waals surface area contributed by atoms with Gasteiger partial charge in [-0.1, -0.05) is 19.9 Å². The number of likely N-dealkylation sites (tertiary alicyclic amines) is 1. The van der Waals surface area contributed by atoms with Crippen LogP contribution in [0.5, 0.6) is 0 Å². The first-order valence-electron chi connectivity index (χ1n) is 8.45. The molecule has 1 aromatic rings. The largest absolute Gasteiger partial charge is 0.350 e. The van der Waals surface area contributed by atoms with Crippen molar-refractivity contribution in [2.24, 2.45) is 5.92 Å². The number of aromatic nitrogens is 1. The molecule has 4 heteroatoms. The molecule has 0 atom stereocenters. The first-order valence-corrected chi connectivity index (χ1v) is 8.45. The third kappa shape index (κ3) is 4.54. The first kappa shape index (κ1) is 16.9. The van der Waals surface area contributed by atoms with Gasteiger partial charge < -0.3 is 10.2 Å². The number of nitrogens with zero attached hydrogens (tertiary/aromatic N) is 2. The molecule has 2 rings (SSSR count). The number of piperidine rings is 1. The van der Waals surface area contributed by atoms with Gasteiger partial charge in [0.15, 0.2) is 0 Å². The predicted octanol–water partition coefficient (Wildman–Crippen LogP) is 3.06. The average Bonchev–Trinajstić information content (AvgIpc) is 2.53. The Morgan fingerprint density at radius 2 is 1.95 bits per heavy atom. The number of carbonyl (C=O) groups is 1. The molecule has 1 N–H and O–H groups in total. The first-order chi connectivity index (χ1) is 10.5. The number of carbonyl (C=O) groups excluding carboxylic acids is 1. The molecule has 4 nitrogen and oxygen atoms in total. The smallest absolute Gasteiger partial charge is 0.269 e. The maximum Gasteiger partial charge on any atom is 0.269 e. The lowest BCUT2D eigenvalue weighted by molar-refractivity contribution is 0.0925. The van der Waals surface area contributed by atoms with E-state index in [9.17, 15) is 4.79 Å². The molecule has 2 heterocycles. The Morgan fingerprint density at radius 1 is 1.27 bits per heavy atom. The van der Waals surface area contributed by atoms with Crippen molar-refractivity contribution in [3.8, 4) is 0 Å². The van der Waals surface area contributed by atoms with E-state index in [1.807, 2.05) is 12.1 Å². The highest BCUT2D eigenvalue weighted by Crippen LogP contribution is 2.18. The van der Waals surface area contributed by atoms with Crippen LogP contribution in [0.2, 0.25) is 0 Å². The SMILES string of the molecule is CC(C)c1ccc(C(=O)NCC2CCN(C(C)C)CC2)nc1. The van der Waals surface area contributed by atoms with Crippen molar-refractivity contribution < 1.29 is 4.79 Å². The third-order valence-electron chi connectivity index (χ3n) is 4.62. The van der Waals surface area contributed by atoms with Crippen molar-refractivity contribution in [2.45, 2.75) is 52.5 Å². The zero-order chi connectivity index (χ0) is 16.1. The van der Waals surface area contributed by atoms with E-state index < -0.39 is 0 Å². The zero-order valence-electron chi connectivity index (χ0n) is 14.3. The number of hydrogen-bond donors (Lipinski definition) is 1. The van der Waals surface area contributed by atoms with Crippen LogP contribution in [-0.2, 0) is 0 Å². The van der Waals surface area contributed by atoms with E-state index in [1.54, 1.807) is 6.20 Å². The number of amides is 1. The molecule has 0 unspecified atom stereocenters. The summed E-state index contributed by atoms with van der Waals surface area (Å²) >= 11 is 0.